The number of aromatic nitrogens is 1. The molecular weight excluding hydrogens is 384 g/mol. The van der Waals surface area contributed by atoms with E-state index in [2.05, 4.69) is 23.9 Å². The smallest absolute Gasteiger partial charge is 0.160 e. The Morgan fingerprint density at radius 2 is 2.03 bits per heavy atom. The Morgan fingerprint density at radius 3 is 2.70 bits per heavy atom. The number of ether oxygens (including phenoxy) is 3. The van der Waals surface area contributed by atoms with E-state index in [4.69, 9.17) is 18.7 Å². The van der Waals surface area contributed by atoms with Crippen molar-refractivity contribution in [3.63, 3.8) is 0 Å². The molecule has 3 heterocycles. The van der Waals surface area contributed by atoms with Gasteiger partial charge in [-0.3, -0.25) is 9.69 Å². The van der Waals surface area contributed by atoms with Gasteiger partial charge in [-0.15, -0.1) is 0 Å². The average Bonchev–Trinajstić information content (AvgIpc) is 3.39. The van der Waals surface area contributed by atoms with E-state index >= 15 is 0 Å². The highest BCUT2D eigenvalue weighted by Gasteiger charge is 2.35. The molecule has 0 radical (unpaired) electrons. The van der Waals surface area contributed by atoms with Gasteiger partial charge in [-0.05, 0) is 52.5 Å². The van der Waals surface area contributed by atoms with Crippen LogP contribution in [0.2, 0.25) is 0 Å². The molecule has 2 aliphatic rings. The van der Waals surface area contributed by atoms with Crippen LogP contribution in [0.3, 0.4) is 0 Å². The van der Waals surface area contributed by atoms with Gasteiger partial charge in [-0.25, -0.2) is 0 Å². The summed E-state index contributed by atoms with van der Waals surface area (Å²) in [4.78, 5) is 15.2. The summed E-state index contributed by atoms with van der Waals surface area (Å²) in [6.07, 6.45) is 4.33. The minimum absolute atomic E-state index is 0.122. The van der Waals surface area contributed by atoms with Crippen LogP contribution in [0.25, 0.3) is 0 Å². The minimum atomic E-state index is -0.577. The Labute approximate surface area is 180 Å². The van der Waals surface area contributed by atoms with Crippen LogP contribution in [-0.4, -0.2) is 67.7 Å². The van der Waals surface area contributed by atoms with E-state index in [0.29, 0.717) is 18.3 Å². The first-order valence-corrected chi connectivity index (χ1v) is 11.2. The number of likely N-dealkylation sites (N-methyl/N-ethyl adjacent to an activating group) is 1. The largest absolute Gasteiger partial charge is 0.381 e. The molecule has 170 valence electrons. The zero-order chi connectivity index (χ0) is 21.8. The summed E-state index contributed by atoms with van der Waals surface area (Å²) >= 11 is 0. The van der Waals surface area contributed by atoms with Gasteiger partial charge in [0.25, 0.3) is 0 Å². The zero-order valence-electron chi connectivity index (χ0n) is 19.2. The second-order valence-electron chi connectivity index (χ2n) is 9.94. The number of Topliss-reactive ketones (excluding diaryl/α,β-unsaturated/α-hetero) is 1. The third kappa shape index (κ3) is 5.90. The van der Waals surface area contributed by atoms with Crippen LogP contribution >= 0.6 is 0 Å². The van der Waals surface area contributed by atoms with Crippen molar-refractivity contribution in [3.8, 4) is 0 Å². The quantitative estimate of drug-likeness (QED) is 0.572. The van der Waals surface area contributed by atoms with Crippen LogP contribution < -0.4 is 0 Å². The lowest BCUT2D eigenvalue weighted by Gasteiger charge is -2.35. The molecule has 1 aromatic rings. The number of ketones is 1. The van der Waals surface area contributed by atoms with Gasteiger partial charge in [-0.1, -0.05) is 19.0 Å². The molecule has 0 bridgehead atoms. The van der Waals surface area contributed by atoms with Gasteiger partial charge < -0.3 is 18.7 Å². The monoisotopic (exact) mass is 422 g/mol. The van der Waals surface area contributed by atoms with E-state index in [1.807, 2.05) is 27.0 Å². The SMILES string of the molecule is CN(CC1CCOC1)C(C)(C)C(=O)Cc1cc(C(C)(C)COC2CCCCO2)no1. The van der Waals surface area contributed by atoms with Gasteiger partial charge in [-0.2, -0.15) is 0 Å². The predicted octanol–water partition coefficient (Wildman–Crippen LogP) is 3.35. The summed E-state index contributed by atoms with van der Waals surface area (Å²) in [7, 11) is 2.01. The third-order valence-corrected chi connectivity index (χ3v) is 6.55. The van der Waals surface area contributed by atoms with Gasteiger partial charge in [0.2, 0.25) is 0 Å². The fourth-order valence-corrected chi connectivity index (χ4v) is 3.86. The van der Waals surface area contributed by atoms with Gasteiger partial charge in [0.05, 0.1) is 30.9 Å². The third-order valence-electron chi connectivity index (χ3n) is 6.55. The van der Waals surface area contributed by atoms with Gasteiger partial charge in [0, 0.05) is 31.2 Å². The highest BCUT2D eigenvalue weighted by atomic mass is 16.7. The lowest BCUT2D eigenvalue weighted by Crippen LogP contribution is -2.50. The van der Waals surface area contributed by atoms with E-state index in [0.717, 1.165) is 57.7 Å². The number of hydrogen-bond acceptors (Lipinski definition) is 7. The number of nitrogens with zero attached hydrogens (tertiary/aromatic N) is 2. The topological polar surface area (TPSA) is 74.0 Å². The van der Waals surface area contributed by atoms with Crippen molar-refractivity contribution in [2.45, 2.75) is 77.0 Å². The van der Waals surface area contributed by atoms with Crippen molar-refractivity contribution in [2.24, 2.45) is 5.92 Å². The molecule has 2 saturated heterocycles. The first-order chi connectivity index (χ1) is 14.2. The van der Waals surface area contributed by atoms with Crippen molar-refractivity contribution in [2.75, 3.05) is 40.0 Å². The number of carbonyl (C=O) groups excluding carboxylic acids is 1. The minimum Gasteiger partial charge on any atom is -0.381 e. The fraction of sp³-hybridized carbons (Fsp3) is 0.826. The molecule has 30 heavy (non-hydrogen) atoms. The fourth-order valence-electron chi connectivity index (χ4n) is 3.86. The highest BCUT2D eigenvalue weighted by molar-refractivity contribution is 5.89. The highest BCUT2D eigenvalue weighted by Crippen LogP contribution is 2.27. The molecule has 2 unspecified atom stereocenters. The number of carbonyl (C=O) groups is 1. The normalized spacial score (nSPS) is 23.3. The molecule has 3 rings (SSSR count). The van der Waals surface area contributed by atoms with Crippen molar-refractivity contribution in [3.05, 3.63) is 17.5 Å². The summed E-state index contributed by atoms with van der Waals surface area (Å²) in [5.41, 5.74) is -0.0947. The Morgan fingerprint density at radius 1 is 1.23 bits per heavy atom. The second-order valence-corrected chi connectivity index (χ2v) is 9.94. The molecule has 0 amide bonds. The van der Waals surface area contributed by atoms with Gasteiger partial charge in [0.15, 0.2) is 12.1 Å². The van der Waals surface area contributed by atoms with E-state index in [1.165, 1.54) is 0 Å². The zero-order valence-corrected chi connectivity index (χ0v) is 19.2. The molecule has 0 saturated carbocycles. The van der Waals surface area contributed by atoms with Crippen molar-refractivity contribution in [1.29, 1.82) is 0 Å². The van der Waals surface area contributed by atoms with Crippen molar-refractivity contribution < 1.29 is 23.5 Å². The molecule has 0 aromatic carbocycles. The van der Waals surface area contributed by atoms with E-state index in [9.17, 15) is 4.79 Å². The summed E-state index contributed by atoms with van der Waals surface area (Å²) in [5.74, 6) is 1.21. The van der Waals surface area contributed by atoms with E-state index in [1.54, 1.807) is 0 Å². The summed E-state index contributed by atoms with van der Waals surface area (Å²) in [5, 5.41) is 4.24. The Hall–Kier alpha value is -1.28. The average molecular weight is 423 g/mol. The molecule has 0 N–H and O–H groups in total. The molecule has 1 aromatic heterocycles. The van der Waals surface area contributed by atoms with Gasteiger partial charge in [0.1, 0.15) is 5.76 Å². The molecule has 0 aliphatic carbocycles. The summed E-state index contributed by atoms with van der Waals surface area (Å²) in [6, 6.07) is 1.89. The maximum Gasteiger partial charge on any atom is 0.160 e. The Balaban J connectivity index is 1.54. The molecule has 0 spiro atoms. The Bertz CT molecular complexity index is 688. The van der Waals surface area contributed by atoms with Gasteiger partial charge >= 0.3 is 0 Å². The van der Waals surface area contributed by atoms with Crippen molar-refractivity contribution in [1.82, 2.24) is 10.1 Å². The number of hydrogen-bond donors (Lipinski definition) is 0. The number of rotatable bonds is 10. The standard InChI is InChI=1S/C23H38N2O5/c1-22(2,16-29-21-8-6-7-10-28-21)19-12-18(30-24-19)13-20(26)23(3,4)25(5)14-17-9-11-27-15-17/h12,17,21H,6-11,13-16H2,1-5H3. The van der Waals surface area contributed by atoms with Crippen LogP contribution in [0, 0.1) is 5.92 Å². The summed E-state index contributed by atoms with van der Waals surface area (Å²) < 4.78 is 22.6. The maximum atomic E-state index is 13.0. The lowest BCUT2D eigenvalue weighted by molar-refractivity contribution is -0.170. The van der Waals surface area contributed by atoms with Crippen LogP contribution in [0.15, 0.2) is 10.6 Å². The molecule has 7 heteroatoms. The molecular formula is C23H38N2O5. The van der Waals surface area contributed by atoms with Crippen LogP contribution in [0.1, 0.15) is 64.8 Å². The second kappa shape index (κ2) is 9.90. The maximum absolute atomic E-state index is 13.0. The molecule has 2 fully saturated rings. The van der Waals surface area contributed by atoms with Crippen LogP contribution in [0.5, 0.6) is 0 Å². The van der Waals surface area contributed by atoms with E-state index < -0.39 is 5.54 Å². The molecule has 2 aliphatic heterocycles. The van der Waals surface area contributed by atoms with Crippen molar-refractivity contribution >= 4 is 5.78 Å². The van der Waals surface area contributed by atoms with Crippen LogP contribution in [-0.2, 0) is 30.8 Å². The first-order valence-electron chi connectivity index (χ1n) is 11.2. The van der Waals surface area contributed by atoms with Crippen LogP contribution in [0.4, 0.5) is 0 Å². The summed E-state index contributed by atoms with van der Waals surface area (Å²) in [6.45, 7) is 11.8. The molecule has 7 nitrogen and oxygen atoms in total. The molecule has 2 atom stereocenters. The first kappa shape index (κ1) is 23.4. The lowest BCUT2D eigenvalue weighted by atomic mass is 9.89. The predicted molar refractivity (Wildman–Crippen MR) is 113 cm³/mol. The van der Waals surface area contributed by atoms with E-state index in [-0.39, 0.29) is 23.9 Å². The Kier molecular flexibility index (Phi) is 7.71.